The number of carbonyl (C=O) groups excluding carboxylic acids is 1. The zero-order valence-electron chi connectivity index (χ0n) is 11.0. The lowest BCUT2D eigenvalue weighted by Crippen LogP contribution is -2.27. The Kier molecular flexibility index (Phi) is 4.22. The lowest BCUT2D eigenvalue weighted by atomic mass is 10.1. The zero-order chi connectivity index (χ0) is 14.0. The third kappa shape index (κ3) is 2.96. The summed E-state index contributed by atoms with van der Waals surface area (Å²) in [6.07, 6.45) is 3.60. The topological polar surface area (TPSA) is 20.3 Å². The van der Waals surface area contributed by atoms with Crippen LogP contribution in [0.4, 0.5) is 0 Å². The van der Waals surface area contributed by atoms with Gasteiger partial charge in [0.25, 0.3) is 5.91 Å². The molecular weight excluding hydrogens is 274 g/mol. The van der Waals surface area contributed by atoms with Gasteiger partial charge in [-0.25, -0.2) is 0 Å². The summed E-state index contributed by atoms with van der Waals surface area (Å²) < 4.78 is 0.598. The number of aryl methyl sites for hydroxylation is 2. The van der Waals surface area contributed by atoms with Crippen LogP contribution in [0.3, 0.4) is 0 Å². The molecule has 0 atom stereocenters. The molecule has 1 aromatic carbocycles. The second-order valence-corrected chi connectivity index (χ2v) is 6.12. The van der Waals surface area contributed by atoms with Crippen molar-refractivity contribution in [2.75, 3.05) is 6.54 Å². The summed E-state index contributed by atoms with van der Waals surface area (Å²) in [7, 11) is 0. The Morgan fingerprint density at radius 1 is 1.42 bits per heavy atom. The highest BCUT2D eigenvalue weighted by Gasteiger charge is 2.30. The van der Waals surface area contributed by atoms with Crippen LogP contribution in [0.5, 0.6) is 0 Å². The van der Waals surface area contributed by atoms with Gasteiger partial charge in [-0.2, -0.15) is 0 Å². The van der Waals surface area contributed by atoms with Gasteiger partial charge in [0.1, 0.15) is 4.32 Å². The van der Waals surface area contributed by atoms with Gasteiger partial charge in [0.15, 0.2) is 0 Å². The van der Waals surface area contributed by atoms with Crippen molar-refractivity contribution in [2.24, 2.45) is 0 Å². The molecule has 1 saturated heterocycles. The minimum Gasteiger partial charge on any atom is -0.289 e. The summed E-state index contributed by atoms with van der Waals surface area (Å²) in [5.41, 5.74) is 3.44. The maximum atomic E-state index is 12.2. The monoisotopic (exact) mass is 289 g/mol. The van der Waals surface area contributed by atoms with Crippen molar-refractivity contribution in [2.45, 2.75) is 13.8 Å². The first kappa shape index (κ1) is 14.0. The molecule has 4 heteroatoms. The fourth-order valence-corrected chi connectivity index (χ4v) is 3.18. The molecule has 0 aliphatic carbocycles. The van der Waals surface area contributed by atoms with Gasteiger partial charge >= 0.3 is 0 Å². The number of thioether (sulfide) groups is 1. The summed E-state index contributed by atoms with van der Waals surface area (Å²) in [4.78, 5) is 14.4. The molecule has 98 valence electrons. The fraction of sp³-hybridized carbons (Fsp3) is 0.200. The van der Waals surface area contributed by atoms with Crippen molar-refractivity contribution >= 4 is 40.3 Å². The molecule has 1 heterocycles. The minimum absolute atomic E-state index is 0.0325. The SMILES string of the molecule is C=CCN1C(=O)/C(=C\c2ccc(C)cc2C)SC1=S. The highest BCUT2D eigenvalue weighted by Crippen LogP contribution is 2.32. The van der Waals surface area contributed by atoms with Crippen molar-refractivity contribution in [3.05, 3.63) is 52.4 Å². The van der Waals surface area contributed by atoms with E-state index < -0.39 is 0 Å². The Balaban J connectivity index is 2.32. The predicted octanol–water partition coefficient (Wildman–Crippen LogP) is 3.69. The van der Waals surface area contributed by atoms with Gasteiger partial charge in [0.05, 0.1) is 4.91 Å². The number of rotatable bonds is 3. The van der Waals surface area contributed by atoms with Crippen molar-refractivity contribution in [3.8, 4) is 0 Å². The number of nitrogens with zero attached hydrogens (tertiary/aromatic N) is 1. The van der Waals surface area contributed by atoms with Crippen molar-refractivity contribution in [1.82, 2.24) is 4.90 Å². The summed E-state index contributed by atoms with van der Waals surface area (Å²) in [6.45, 7) is 8.21. The number of hydrogen-bond donors (Lipinski definition) is 0. The molecule has 0 unspecified atom stereocenters. The van der Waals surface area contributed by atoms with Gasteiger partial charge in [-0.15, -0.1) is 6.58 Å². The average molecular weight is 289 g/mol. The van der Waals surface area contributed by atoms with E-state index in [1.807, 2.05) is 25.1 Å². The zero-order valence-corrected chi connectivity index (χ0v) is 12.6. The summed E-state index contributed by atoms with van der Waals surface area (Å²) in [5.74, 6) is -0.0325. The van der Waals surface area contributed by atoms with Crippen molar-refractivity contribution in [3.63, 3.8) is 0 Å². The molecule has 1 fully saturated rings. The number of thiocarbonyl (C=S) groups is 1. The maximum Gasteiger partial charge on any atom is 0.266 e. The molecule has 1 aliphatic heterocycles. The van der Waals surface area contributed by atoms with Crippen molar-refractivity contribution < 1.29 is 4.79 Å². The van der Waals surface area contributed by atoms with Crippen LogP contribution in [0.15, 0.2) is 35.8 Å². The van der Waals surface area contributed by atoms with Crippen LogP contribution in [0, 0.1) is 13.8 Å². The highest BCUT2D eigenvalue weighted by atomic mass is 32.2. The van der Waals surface area contributed by atoms with Gasteiger partial charge < -0.3 is 0 Å². The molecule has 1 aromatic rings. The first-order chi connectivity index (χ1) is 9.02. The van der Waals surface area contributed by atoms with Crippen molar-refractivity contribution in [1.29, 1.82) is 0 Å². The second kappa shape index (κ2) is 5.72. The second-order valence-electron chi connectivity index (χ2n) is 4.44. The molecular formula is C15H15NOS2. The Morgan fingerprint density at radius 3 is 2.79 bits per heavy atom. The smallest absolute Gasteiger partial charge is 0.266 e. The first-order valence-electron chi connectivity index (χ1n) is 5.96. The van der Waals surface area contributed by atoms with Gasteiger partial charge in [0.2, 0.25) is 0 Å². The van der Waals surface area contributed by atoms with E-state index in [-0.39, 0.29) is 5.91 Å². The van der Waals surface area contributed by atoms with Gasteiger partial charge in [-0.3, -0.25) is 9.69 Å². The van der Waals surface area contributed by atoms with E-state index in [1.165, 1.54) is 17.3 Å². The summed E-state index contributed by atoms with van der Waals surface area (Å²) in [5, 5.41) is 0. The van der Waals surface area contributed by atoms with E-state index in [0.717, 1.165) is 11.1 Å². The van der Waals surface area contributed by atoms with E-state index in [0.29, 0.717) is 15.8 Å². The molecule has 2 nitrogen and oxygen atoms in total. The van der Waals surface area contributed by atoms with E-state index in [1.54, 1.807) is 11.0 Å². The maximum absolute atomic E-state index is 12.2. The standard InChI is InChI=1S/C15H15NOS2/c1-4-7-16-14(17)13(19-15(16)18)9-12-6-5-10(2)8-11(12)3/h4-6,8-9H,1,7H2,2-3H3/b13-9+. The number of amides is 1. The van der Waals surface area contributed by atoms with Gasteiger partial charge in [0, 0.05) is 6.54 Å². The molecule has 19 heavy (non-hydrogen) atoms. The minimum atomic E-state index is -0.0325. The predicted molar refractivity (Wildman–Crippen MR) is 86.0 cm³/mol. The molecule has 1 aliphatic rings. The average Bonchev–Trinajstić information content (AvgIpc) is 2.61. The van der Waals surface area contributed by atoms with Crippen LogP contribution in [-0.4, -0.2) is 21.7 Å². The third-order valence-corrected chi connectivity index (χ3v) is 4.27. The fourth-order valence-electron chi connectivity index (χ4n) is 1.92. The molecule has 0 aromatic heterocycles. The van der Waals surface area contributed by atoms with Crippen LogP contribution in [0.2, 0.25) is 0 Å². The molecule has 0 bridgehead atoms. The third-order valence-electron chi connectivity index (χ3n) is 2.90. The van der Waals surface area contributed by atoms with Crippen LogP contribution in [-0.2, 0) is 4.79 Å². The summed E-state index contributed by atoms with van der Waals surface area (Å²) in [6, 6.07) is 6.18. The number of hydrogen-bond acceptors (Lipinski definition) is 3. The van der Waals surface area contributed by atoms with E-state index in [9.17, 15) is 4.79 Å². The van der Waals surface area contributed by atoms with E-state index in [4.69, 9.17) is 12.2 Å². The molecule has 0 radical (unpaired) electrons. The molecule has 1 amide bonds. The van der Waals surface area contributed by atoms with Gasteiger partial charge in [-0.05, 0) is 31.1 Å². The van der Waals surface area contributed by atoms with Crippen LogP contribution in [0.25, 0.3) is 6.08 Å². The largest absolute Gasteiger partial charge is 0.289 e. The number of benzene rings is 1. The Morgan fingerprint density at radius 2 is 2.16 bits per heavy atom. The van der Waals surface area contributed by atoms with E-state index >= 15 is 0 Å². The molecule has 0 saturated carbocycles. The first-order valence-corrected chi connectivity index (χ1v) is 7.19. The van der Waals surface area contributed by atoms with Crippen LogP contribution < -0.4 is 0 Å². The van der Waals surface area contributed by atoms with Gasteiger partial charge in [-0.1, -0.05) is 53.8 Å². The highest BCUT2D eigenvalue weighted by molar-refractivity contribution is 8.26. The number of carbonyl (C=O) groups is 1. The molecule has 0 spiro atoms. The Bertz CT molecular complexity index is 590. The Labute approximate surface area is 123 Å². The normalized spacial score (nSPS) is 17.4. The van der Waals surface area contributed by atoms with Crippen LogP contribution in [0.1, 0.15) is 16.7 Å². The summed E-state index contributed by atoms with van der Waals surface area (Å²) >= 11 is 6.56. The molecule has 2 rings (SSSR count). The van der Waals surface area contributed by atoms with Crippen LogP contribution >= 0.6 is 24.0 Å². The lowest BCUT2D eigenvalue weighted by Gasteiger charge is -2.10. The Hall–Kier alpha value is -1.39. The lowest BCUT2D eigenvalue weighted by molar-refractivity contribution is -0.121. The quantitative estimate of drug-likeness (QED) is 0.481. The molecule has 0 N–H and O–H groups in total. The van der Waals surface area contributed by atoms with E-state index in [2.05, 4.69) is 19.6 Å².